The molecule has 1 amide bonds. The van der Waals surface area contributed by atoms with E-state index in [4.69, 9.17) is 22.1 Å². The van der Waals surface area contributed by atoms with Gasteiger partial charge in [0, 0.05) is 34.3 Å². The Morgan fingerprint density at radius 3 is 2.43 bits per heavy atom. The molecule has 1 saturated carbocycles. The fraction of sp³-hybridized carbons (Fsp3) is 0.276. The van der Waals surface area contributed by atoms with Gasteiger partial charge < -0.3 is 15.4 Å². The van der Waals surface area contributed by atoms with Crippen LogP contribution in [0.25, 0.3) is 21.2 Å². The van der Waals surface area contributed by atoms with E-state index in [2.05, 4.69) is 24.3 Å². The Kier molecular flexibility index (Phi) is 7.09. The predicted octanol–water partition coefficient (Wildman–Crippen LogP) is 7.14. The molecule has 1 aromatic heterocycles. The van der Waals surface area contributed by atoms with Crippen molar-refractivity contribution in [1.29, 1.82) is 0 Å². The average molecular weight is 505 g/mol. The summed E-state index contributed by atoms with van der Waals surface area (Å²) in [6.45, 7) is 0.452. The van der Waals surface area contributed by atoms with Gasteiger partial charge in [-0.25, -0.2) is 0 Å². The molecule has 5 rings (SSSR count). The van der Waals surface area contributed by atoms with Gasteiger partial charge in [0.15, 0.2) is 0 Å². The summed E-state index contributed by atoms with van der Waals surface area (Å²) >= 11 is 8.21. The van der Waals surface area contributed by atoms with Crippen LogP contribution in [0.4, 0.5) is 0 Å². The number of ether oxygens (including phenoxy) is 1. The van der Waals surface area contributed by atoms with E-state index in [1.807, 2.05) is 53.4 Å². The first-order chi connectivity index (χ1) is 17.0. The molecule has 4 nitrogen and oxygen atoms in total. The maximum absolute atomic E-state index is 14.1. The fourth-order valence-corrected chi connectivity index (χ4v) is 6.43. The van der Waals surface area contributed by atoms with Crippen LogP contribution in [0.2, 0.25) is 5.02 Å². The minimum Gasteiger partial charge on any atom is -0.496 e. The van der Waals surface area contributed by atoms with Crippen LogP contribution < -0.4 is 10.5 Å². The van der Waals surface area contributed by atoms with E-state index in [-0.39, 0.29) is 18.0 Å². The van der Waals surface area contributed by atoms with Crippen LogP contribution in [0, 0.1) is 0 Å². The molecule has 1 fully saturated rings. The molecule has 6 heteroatoms. The summed E-state index contributed by atoms with van der Waals surface area (Å²) in [5, 5.41) is 1.47. The fourth-order valence-electron chi connectivity index (χ4n) is 4.96. The molecule has 4 aromatic rings. The highest BCUT2D eigenvalue weighted by Gasteiger charge is 2.31. The number of amides is 1. The Morgan fingerprint density at radius 2 is 1.71 bits per heavy atom. The lowest BCUT2D eigenvalue weighted by Gasteiger charge is -2.36. The molecule has 180 valence electrons. The summed E-state index contributed by atoms with van der Waals surface area (Å²) in [6.07, 6.45) is 3.60. The Hall–Kier alpha value is -2.86. The van der Waals surface area contributed by atoms with Crippen molar-refractivity contribution in [2.24, 2.45) is 5.73 Å². The first kappa shape index (κ1) is 23.9. The SMILES string of the molecule is COc1ccc(-c2ccccc2)cc1CN(C(=O)c1sc2ccccc2c1Cl)C1CCC(N)CC1. The number of carbonyl (C=O) groups is 1. The van der Waals surface area contributed by atoms with Gasteiger partial charge in [-0.1, -0.05) is 66.2 Å². The third-order valence-corrected chi connectivity index (χ3v) is 8.56. The third-order valence-electron chi connectivity index (χ3n) is 6.90. The van der Waals surface area contributed by atoms with Crippen LogP contribution in [-0.4, -0.2) is 30.0 Å². The number of fused-ring (bicyclic) bond motifs is 1. The number of benzene rings is 3. The molecule has 1 heterocycles. The largest absolute Gasteiger partial charge is 0.496 e. The van der Waals surface area contributed by atoms with E-state index in [1.54, 1.807) is 7.11 Å². The molecular formula is C29H29ClN2O2S. The Morgan fingerprint density at radius 1 is 1.00 bits per heavy atom. The van der Waals surface area contributed by atoms with Gasteiger partial charge in [0.05, 0.1) is 12.1 Å². The number of thiophene rings is 1. The van der Waals surface area contributed by atoms with Crippen molar-refractivity contribution in [3.8, 4) is 16.9 Å². The zero-order valence-electron chi connectivity index (χ0n) is 19.7. The van der Waals surface area contributed by atoms with Gasteiger partial charge in [-0.2, -0.15) is 0 Å². The van der Waals surface area contributed by atoms with E-state index in [0.717, 1.165) is 58.2 Å². The van der Waals surface area contributed by atoms with Crippen molar-refractivity contribution in [2.45, 2.75) is 44.3 Å². The van der Waals surface area contributed by atoms with Gasteiger partial charge in [-0.15, -0.1) is 11.3 Å². The van der Waals surface area contributed by atoms with Crippen LogP contribution >= 0.6 is 22.9 Å². The number of nitrogens with zero attached hydrogens (tertiary/aromatic N) is 1. The van der Waals surface area contributed by atoms with E-state index >= 15 is 0 Å². The highest BCUT2D eigenvalue weighted by atomic mass is 35.5. The summed E-state index contributed by atoms with van der Waals surface area (Å²) in [6, 6.07) is 24.7. The number of methoxy groups -OCH3 is 1. The molecule has 35 heavy (non-hydrogen) atoms. The van der Waals surface area contributed by atoms with E-state index in [1.165, 1.54) is 11.3 Å². The van der Waals surface area contributed by atoms with Crippen LogP contribution in [0.1, 0.15) is 40.9 Å². The molecule has 0 atom stereocenters. The molecule has 2 N–H and O–H groups in total. The normalized spacial score (nSPS) is 17.9. The number of nitrogens with two attached hydrogens (primary N) is 1. The minimum atomic E-state index is -0.0242. The summed E-state index contributed by atoms with van der Waals surface area (Å²) in [4.78, 5) is 16.6. The first-order valence-corrected chi connectivity index (χ1v) is 13.2. The van der Waals surface area contributed by atoms with Crippen molar-refractivity contribution in [3.63, 3.8) is 0 Å². The van der Waals surface area contributed by atoms with Crippen LogP contribution in [-0.2, 0) is 6.54 Å². The quantitative estimate of drug-likeness (QED) is 0.303. The van der Waals surface area contributed by atoms with E-state index in [9.17, 15) is 4.79 Å². The van der Waals surface area contributed by atoms with Crippen LogP contribution in [0.5, 0.6) is 5.75 Å². The van der Waals surface area contributed by atoms with Crippen molar-refractivity contribution in [1.82, 2.24) is 4.90 Å². The molecule has 1 aliphatic rings. The van der Waals surface area contributed by atoms with E-state index < -0.39 is 0 Å². The second kappa shape index (κ2) is 10.4. The Bertz CT molecular complexity index is 1330. The van der Waals surface area contributed by atoms with E-state index in [0.29, 0.717) is 16.4 Å². The van der Waals surface area contributed by atoms with Crippen molar-refractivity contribution in [2.75, 3.05) is 7.11 Å². The Balaban J connectivity index is 1.54. The van der Waals surface area contributed by atoms with Crippen molar-refractivity contribution < 1.29 is 9.53 Å². The van der Waals surface area contributed by atoms with Gasteiger partial charge in [0.1, 0.15) is 10.6 Å². The van der Waals surface area contributed by atoms with Crippen molar-refractivity contribution >= 4 is 38.9 Å². The second-order valence-corrected chi connectivity index (χ2v) is 10.6. The second-order valence-electron chi connectivity index (χ2n) is 9.14. The topological polar surface area (TPSA) is 55.6 Å². The molecule has 0 saturated heterocycles. The van der Waals surface area contributed by atoms with Crippen LogP contribution in [0.15, 0.2) is 72.8 Å². The lowest BCUT2D eigenvalue weighted by atomic mass is 9.90. The molecule has 0 spiro atoms. The average Bonchev–Trinajstić information content (AvgIpc) is 3.24. The number of carbonyl (C=O) groups excluding carboxylic acids is 1. The predicted molar refractivity (Wildman–Crippen MR) is 145 cm³/mol. The molecule has 0 radical (unpaired) electrons. The Labute approximate surface area is 215 Å². The summed E-state index contributed by atoms with van der Waals surface area (Å²) in [5.41, 5.74) is 9.41. The zero-order valence-corrected chi connectivity index (χ0v) is 21.3. The number of hydrogen-bond donors (Lipinski definition) is 1. The smallest absolute Gasteiger partial charge is 0.266 e. The highest BCUT2D eigenvalue weighted by Crippen LogP contribution is 2.38. The standard InChI is InChI=1S/C29H29ClN2O2S/c1-34-25-16-11-20(19-7-3-2-4-8-19)17-21(25)18-32(23-14-12-22(31)13-15-23)29(33)28-27(30)24-9-5-6-10-26(24)35-28/h2-11,16-17,22-23H,12-15,18,31H2,1H3. The highest BCUT2D eigenvalue weighted by molar-refractivity contribution is 7.21. The molecule has 0 unspecified atom stereocenters. The third kappa shape index (κ3) is 4.94. The number of rotatable bonds is 6. The number of halogens is 1. The molecule has 3 aromatic carbocycles. The van der Waals surface area contributed by atoms with Gasteiger partial charge in [0.25, 0.3) is 5.91 Å². The van der Waals surface area contributed by atoms with Gasteiger partial charge in [-0.3, -0.25) is 4.79 Å². The summed E-state index contributed by atoms with van der Waals surface area (Å²) in [5.74, 6) is 0.751. The zero-order chi connectivity index (χ0) is 24.4. The summed E-state index contributed by atoms with van der Waals surface area (Å²) in [7, 11) is 1.68. The molecule has 1 aliphatic carbocycles. The maximum Gasteiger partial charge on any atom is 0.266 e. The van der Waals surface area contributed by atoms with Gasteiger partial charge in [0.2, 0.25) is 0 Å². The van der Waals surface area contributed by atoms with Gasteiger partial charge >= 0.3 is 0 Å². The van der Waals surface area contributed by atoms with Crippen molar-refractivity contribution in [3.05, 3.63) is 88.3 Å². The number of hydrogen-bond acceptors (Lipinski definition) is 4. The van der Waals surface area contributed by atoms with Gasteiger partial charge in [-0.05, 0) is 55.0 Å². The monoisotopic (exact) mass is 504 g/mol. The minimum absolute atomic E-state index is 0.0242. The summed E-state index contributed by atoms with van der Waals surface area (Å²) < 4.78 is 6.74. The molecule has 0 bridgehead atoms. The molecule has 0 aliphatic heterocycles. The first-order valence-electron chi connectivity index (χ1n) is 12.0. The maximum atomic E-state index is 14.1. The lowest BCUT2D eigenvalue weighted by molar-refractivity contribution is 0.0610. The molecular weight excluding hydrogens is 476 g/mol. The lowest BCUT2D eigenvalue weighted by Crippen LogP contribution is -2.43. The van der Waals surface area contributed by atoms with Crippen LogP contribution in [0.3, 0.4) is 0 Å².